The number of halogens is 1. The van der Waals surface area contributed by atoms with Crippen LogP contribution in [0.3, 0.4) is 0 Å². The van der Waals surface area contributed by atoms with E-state index in [1.165, 1.54) is 17.0 Å². The molecule has 1 fully saturated rings. The number of rotatable bonds is 6. The average Bonchev–Trinajstić information content (AvgIpc) is 3.21. The van der Waals surface area contributed by atoms with E-state index in [0.717, 1.165) is 16.7 Å². The quantitative estimate of drug-likeness (QED) is 0.525. The number of hydrogen-bond acceptors (Lipinski definition) is 4. The Kier molecular flexibility index (Phi) is 6.33. The molecule has 2 heterocycles. The Morgan fingerprint density at radius 2 is 1.78 bits per heavy atom. The highest BCUT2D eigenvalue weighted by molar-refractivity contribution is 6.05. The third kappa shape index (κ3) is 4.62. The molecular weight excluding hydrogens is 461 g/mol. The zero-order chi connectivity index (χ0) is 25.2. The predicted molar refractivity (Wildman–Crippen MR) is 130 cm³/mol. The van der Waals surface area contributed by atoms with Crippen LogP contribution in [-0.2, 0) is 33.9 Å². The molecule has 0 aromatic heterocycles. The van der Waals surface area contributed by atoms with Gasteiger partial charge in [0.05, 0.1) is 13.0 Å². The lowest BCUT2D eigenvalue weighted by Crippen LogP contribution is -2.52. The van der Waals surface area contributed by atoms with Crippen LogP contribution >= 0.6 is 0 Å². The van der Waals surface area contributed by atoms with Crippen LogP contribution in [0.15, 0.2) is 66.7 Å². The molecule has 36 heavy (non-hydrogen) atoms. The Morgan fingerprint density at radius 3 is 2.56 bits per heavy atom. The smallest absolute Gasteiger partial charge is 0.255 e. The van der Waals surface area contributed by atoms with Gasteiger partial charge in [-0.1, -0.05) is 60.7 Å². The summed E-state index contributed by atoms with van der Waals surface area (Å²) in [6.07, 6.45) is 0.486. The van der Waals surface area contributed by atoms with Crippen LogP contribution in [-0.4, -0.2) is 34.6 Å². The van der Waals surface area contributed by atoms with Crippen LogP contribution in [0.1, 0.15) is 39.9 Å². The molecular formula is C28H24FN3O4. The molecule has 8 heteroatoms. The maximum absolute atomic E-state index is 15.3. The van der Waals surface area contributed by atoms with E-state index in [2.05, 4.69) is 10.6 Å². The van der Waals surface area contributed by atoms with Crippen molar-refractivity contribution in [1.29, 1.82) is 0 Å². The molecule has 2 aliphatic heterocycles. The van der Waals surface area contributed by atoms with Crippen molar-refractivity contribution in [2.24, 2.45) is 0 Å². The van der Waals surface area contributed by atoms with E-state index < -0.39 is 23.7 Å². The van der Waals surface area contributed by atoms with Crippen molar-refractivity contribution in [2.75, 3.05) is 0 Å². The van der Waals surface area contributed by atoms with Gasteiger partial charge in [-0.15, -0.1) is 0 Å². The second-order valence-electron chi connectivity index (χ2n) is 8.98. The van der Waals surface area contributed by atoms with Crippen molar-refractivity contribution in [3.63, 3.8) is 0 Å². The number of imide groups is 1. The van der Waals surface area contributed by atoms with Gasteiger partial charge >= 0.3 is 0 Å². The lowest BCUT2D eigenvalue weighted by molar-refractivity contribution is -0.137. The molecule has 0 spiro atoms. The van der Waals surface area contributed by atoms with E-state index in [9.17, 15) is 19.2 Å². The van der Waals surface area contributed by atoms with Gasteiger partial charge in [0.1, 0.15) is 11.9 Å². The topological polar surface area (TPSA) is 95.6 Å². The summed E-state index contributed by atoms with van der Waals surface area (Å²) in [6.45, 7) is -0.0801. The number of amides is 4. The maximum atomic E-state index is 15.3. The van der Waals surface area contributed by atoms with Crippen LogP contribution in [0.2, 0.25) is 0 Å². The summed E-state index contributed by atoms with van der Waals surface area (Å²) in [5, 5.41) is 4.99. The zero-order valence-electron chi connectivity index (χ0n) is 19.4. The molecule has 1 unspecified atom stereocenters. The van der Waals surface area contributed by atoms with Gasteiger partial charge in [-0.05, 0) is 29.2 Å². The fourth-order valence-corrected chi connectivity index (χ4v) is 4.72. The standard InChI is InChI=1S/C28H24FN3O4/c29-26-20(9-10-21-22(26)16-32(28(21)36)23-11-12-24(33)31-27(23)35)15-30-25(34)14-17-5-4-8-19(13-17)18-6-2-1-3-7-18/h1-10,13,23H,11-12,14-16H2,(H,30,34)(H,31,33,35). The largest absolute Gasteiger partial charge is 0.352 e. The molecule has 5 rings (SSSR count). The number of piperidine rings is 1. The van der Waals surface area contributed by atoms with Gasteiger partial charge in [-0.2, -0.15) is 0 Å². The fraction of sp³-hybridized carbons (Fsp3) is 0.214. The monoisotopic (exact) mass is 485 g/mol. The van der Waals surface area contributed by atoms with Gasteiger partial charge in [0.25, 0.3) is 5.91 Å². The number of carbonyl (C=O) groups excluding carboxylic acids is 4. The first kappa shape index (κ1) is 23.4. The van der Waals surface area contributed by atoms with Gasteiger partial charge in [-0.3, -0.25) is 24.5 Å². The number of carbonyl (C=O) groups is 4. The van der Waals surface area contributed by atoms with Crippen LogP contribution < -0.4 is 10.6 Å². The zero-order valence-corrected chi connectivity index (χ0v) is 19.4. The van der Waals surface area contributed by atoms with E-state index in [4.69, 9.17) is 0 Å². The summed E-state index contributed by atoms with van der Waals surface area (Å²) < 4.78 is 15.3. The Hall–Kier alpha value is -4.33. The number of hydrogen-bond donors (Lipinski definition) is 2. The molecule has 4 amide bonds. The van der Waals surface area contributed by atoms with Gasteiger partial charge in [-0.25, -0.2) is 4.39 Å². The lowest BCUT2D eigenvalue weighted by Gasteiger charge is -2.29. The average molecular weight is 486 g/mol. The maximum Gasteiger partial charge on any atom is 0.255 e. The van der Waals surface area contributed by atoms with Crippen molar-refractivity contribution in [2.45, 2.75) is 38.4 Å². The second-order valence-corrected chi connectivity index (χ2v) is 8.98. The first-order chi connectivity index (χ1) is 17.4. The molecule has 182 valence electrons. The van der Waals surface area contributed by atoms with Crippen molar-refractivity contribution >= 4 is 23.6 Å². The van der Waals surface area contributed by atoms with Crippen LogP contribution in [0.25, 0.3) is 11.1 Å². The molecule has 3 aromatic rings. The Balaban J connectivity index is 1.24. The Labute approximate surface area is 207 Å². The predicted octanol–water partition coefficient (Wildman–Crippen LogP) is 3.11. The minimum Gasteiger partial charge on any atom is -0.352 e. The Bertz CT molecular complexity index is 1370. The molecule has 2 N–H and O–H groups in total. The van der Waals surface area contributed by atoms with Crippen molar-refractivity contribution < 1.29 is 23.6 Å². The minimum atomic E-state index is -0.809. The number of nitrogens with zero attached hydrogens (tertiary/aromatic N) is 1. The number of benzene rings is 3. The van der Waals surface area contributed by atoms with Gasteiger partial charge < -0.3 is 10.2 Å². The molecule has 0 saturated carbocycles. The summed E-state index contributed by atoms with van der Waals surface area (Å²) in [7, 11) is 0. The SMILES string of the molecule is O=C(Cc1cccc(-c2ccccc2)c1)NCc1ccc2c(c1F)CN(C1CCC(=O)NC1=O)C2=O. The summed E-state index contributed by atoms with van der Waals surface area (Å²) in [6, 6.07) is 19.8. The van der Waals surface area contributed by atoms with Crippen molar-refractivity contribution in [3.05, 3.63) is 94.8 Å². The molecule has 3 aromatic carbocycles. The first-order valence-corrected chi connectivity index (χ1v) is 11.8. The summed E-state index contributed by atoms with van der Waals surface area (Å²) >= 11 is 0. The molecule has 1 saturated heterocycles. The summed E-state index contributed by atoms with van der Waals surface area (Å²) in [4.78, 5) is 50.3. The molecule has 7 nitrogen and oxygen atoms in total. The minimum absolute atomic E-state index is 0.0249. The van der Waals surface area contributed by atoms with E-state index >= 15 is 4.39 Å². The molecule has 2 aliphatic rings. The highest BCUT2D eigenvalue weighted by Crippen LogP contribution is 2.30. The molecule has 0 aliphatic carbocycles. The van der Waals surface area contributed by atoms with E-state index in [0.29, 0.717) is 0 Å². The van der Waals surface area contributed by atoms with E-state index in [1.54, 1.807) is 0 Å². The molecule has 1 atom stereocenters. The second kappa shape index (κ2) is 9.73. The summed E-state index contributed by atoms with van der Waals surface area (Å²) in [5.41, 5.74) is 3.57. The van der Waals surface area contributed by atoms with E-state index in [-0.39, 0.29) is 60.9 Å². The van der Waals surface area contributed by atoms with Gasteiger partial charge in [0, 0.05) is 29.7 Å². The lowest BCUT2D eigenvalue weighted by atomic mass is 10.0. The van der Waals surface area contributed by atoms with Crippen molar-refractivity contribution in [3.8, 4) is 11.1 Å². The van der Waals surface area contributed by atoms with Crippen LogP contribution in [0.4, 0.5) is 4.39 Å². The van der Waals surface area contributed by atoms with Gasteiger partial charge in [0.2, 0.25) is 17.7 Å². The van der Waals surface area contributed by atoms with E-state index in [1.807, 2.05) is 54.6 Å². The van der Waals surface area contributed by atoms with Crippen LogP contribution in [0, 0.1) is 5.82 Å². The molecule has 0 bridgehead atoms. The summed E-state index contributed by atoms with van der Waals surface area (Å²) in [5.74, 6) is -2.18. The van der Waals surface area contributed by atoms with Crippen molar-refractivity contribution in [1.82, 2.24) is 15.5 Å². The number of fused-ring (bicyclic) bond motifs is 1. The highest BCUT2D eigenvalue weighted by Gasteiger charge is 2.40. The third-order valence-electron chi connectivity index (χ3n) is 6.60. The number of nitrogens with one attached hydrogen (secondary N) is 2. The third-order valence-corrected chi connectivity index (χ3v) is 6.60. The fourth-order valence-electron chi connectivity index (χ4n) is 4.72. The Morgan fingerprint density at radius 1 is 1.00 bits per heavy atom. The normalized spacial score (nSPS) is 17.1. The van der Waals surface area contributed by atoms with Gasteiger partial charge in [0.15, 0.2) is 0 Å². The van der Waals surface area contributed by atoms with Crippen LogP contribution in [0.5, 0.6) is 0 Å². The highest BCUT2D eigenvalue weighted by atomic mass is 19.1. The first-order valence-electron chi connectivity index (χ1n) is 11.8. The molecule has 0 radical (unpaired) electrons.